The van der Waals surface area contributed by atoms with Gasteiger partial charge in [0.05, 0.1) is 31.4 Å². The van der Waals surface area contributed by atoms with E-state index in [0.29, 0.717) is 34.6 Å². The fraction of sp³-hybridized carbons (Fsp3) is 0.474. The molecule has 1 aromatic heterocycles. The molecule has 0 spiro atoms. The summed E-state index contributed by atoms with van der Waals surface area (Å²) in [6.07, 6.45) is 1.91. The summed E-state index contributed by atoms with van der Waals surface area (Å²) < 4.78 is 10.4. The maximum Gasteiger partial charge on any atom is 0.352 e. The first kappa shape index (κ1) is 20.7. The smallest absolute Gasteiger partial charge is 0.352 e. The van der Waals surface area contributed by atoms with Crippen molar-refractivity contribution in [2.45, 2.75) is 32.4 Å². The number of benzene rings is 1. The first-order valence-corrected chi connectivity index (χ1v) is 10.4. The lowest BCUT2D eigenvalue weighted by Gasteiger charge is -2.21. The molecular formula is C19H24ClN3O4S. The monoisotopic (exact) mass is 425 g/mol. The minimum Gasteiger partial charge on any atom is -0.495 e. The summed E-state index contributed by atoms with van der Waals surface area (Å²) in [5, 5.41) is 14.1. The summed E-state index contributed by atoms with van der Waals surface area (Å²) in [5.74, 6) is 0.688. The van der Waals surface area contributed by atoms with Gasteiger partial charge in [-0.25, -0.2) is 9.78 Å². The number of aromatic nitrogens is 1. The molecule has 2 N–H and O–H groups in total. The number of nitrogens with zero attached hydrogens (tertiary/aromatic N) is 2. The number of nitrogens with one attached hydrogen (secondary N) is 1. The zero-order valence-corrected chi connectivity index (χ0v) is 17.5. The molecule has 1 saturated heterocycles. The molecule has 1 aromatic carbocycles. The minimum atomic E-state index is -0.402. The van der Waals surface area contributed by atoms with Crippen molar-refractivity contribution in [3.8, 4) is 5.75 Å². The number of aliphatic hydroxyl groups excluding tert-OH is 1. The van der Waals surface area contributed by atoms with Gasteiger partial charge >= 0.3 is 5.97 Å². The Morgan fingerprint density at radius 1 is 1.50 bits per heavy atom. The summed E-state index contributed by atoms with van der Waals surface area (Å²) in [5.41, 5.74) is 0.935. The summed E-state index contributed by atoms with van der Waals surface area (Å²) in [4.78, 5) is 19.5. The van der Waals surface area contributed by atoms with Gasteiger partial charge < -0.3 is 24.8 Å². The molecular weight excluding hydrogens is 402 g/mol. The van der Waals surface area contributed by atoms with E-state index in [1.165, 1.54) is 11.3 Å². The number of ether oxygens (including phenoxy) is 2. The van der Waals surface area contributed by atoms with Crippen molar-refractivity contribution in [1.82, 2.24) is 4.98 Å². The van der Waals surface area contributed by atoms with Crippen LogP contribution < -0.4 is 15.0 Å². The van der Waals surface area contributed by atoms with Crippen molar-refractivity contribution in [2.24, 2.45) is 0 Å². The first-order valence-electron chi connectivity index (χ1n) is 9.19. The van der Waals surface area contributed by atoms with Gasteiger partial charge in [0.2, 0.25) is 0 Å². The fourth-order valence-corrected chi connectivity index (χ4v) is 4.48. The summed E-state index contributed by atoms with van der Waals surface area (Å²) in [6, 6.07) is 5.55. The van der Waals surface area contributed by atoms with Crippen molar-refractivity contribution in [3.63, 3.8) is 0 Å². The third-order valence-electron chi connectivity index (χ3n) is 4.59. The SMILES string of the molecule is CCOC(=O)c1sc(N2CCCC2CO)nc1NCc1ccc(OC)c(Cl)c1. The van der Waals surface area contributed by atoms with Crippen LogP contribution in [0.4, 0.5) is 10.9 Å². The molecule has 152 valence electrons. The third kappa shape index (κ3) is 4.51. The highest BCUT2D eigenvalue weighted by Crippen LogP contribution is 2.35. The number of methoxy groups -OCH3 is 1. The average molecular weight is 426 g/mol. The van der Waals surface area contributed by atoms with Gasteiger partial charge in [0.1, 0.15) is 5.75 Å². The van der Waals surface area contributed by atoms with Crippen LogP contribution in [0.3, 0.4) is 0 Å². The Morgan fingerprint density at radius 2 is 2.32 bits per heavy atom. The molecule has 1 aliphatic heterocycles. The van der Waals surface area contributed by atoms with Crippen molar-refractivity contribution in [3.05, 3.63) is 33.7 Å². The van der Waals surface area contributed by atoms with Crippen LogP contribution in [0.25, 0.3) is 0 Å². The van der Waals surface area contributed by atoms with E-state index in [9.17, 15) is 9.90 Å². The Bertz CT molecular complexity index is 830. The van der Waals surface area contributed by atoms with Crippen LogP contribution in [0.1, 0.15) is 35.0 Å². The molecule has 1 aliphatic rings. The normalized spacial score (nSPS) is 16.3. The van der Waals surface area contributed by atoms with Gasteiger partial charge in [-0.05, 0) is 37.5 Å². The van der Waals surface area contributed by atoms with E-state index in [1.807, 2.05) is 12.1 Å². The quantitative estimate of drug-likeness (QED) is 0.625. The van der Waals surface area contributed by atoms with Crippen LogP contribution in [0.5, 0.6) is 5.75 Å². The second-order valence-electron chi connectivity index (χ2n) is 6.39. The van der Waals surface area contributed by atoms with E-state index < -0.39 is 5.97 Å². The van der Waals surface area contributed by atoms with E-state index in [1.54, 1.807) is 20.1 Å². The number of anilines is 2. The topological polar surface area (TPSA) is 83.9 Å². The summed E-state index contributed by atoms with van der Waals surface area (Å²) in [6.45, 7) is 3.40. The highest BCUT2D eigenvalue weighted by atomic mass is 35.5. The molecule has 1 fully saturated rings. The number of rotatable bonds is 8. The Balaban J connectivity index is 1.81. The number of carbonyl (C=O) groups excluding carboxylic acids is 1. The fourth-order valence-electron chi connectivity index (χ4n) is 3.17. The van der Waals surface area contributed by atoms with Crippen molar-refractivity contribution in [1.29, 1.82) is 0 Å². The lowest BCUT2D eigenvalue weighted by Crippen LogP contribution is -2.31. The summed E-state index contributed by atoms with van der Waals surface area (Å²) >= 11 is 7.47. The number of esters is 1. The molecule has 0 amide bonds. The van der Waals surface area contributed by atoms with Gasteiger partial charge in [-0.3, -0.25) is 0 Å². The number of thiazole rings is 1. The van der Waals surface area contributed by atoms with Gasteiger partial charge in [-0.2, -0.15) is 0 Å². The van der Waals surface area contributed by atoms with Crippen molar-refractivity contribution in [2.75, 3.05) is 37.1 Å². The molecule has 0 bridgehead atoms. The predicted molar refractivity (Wildman–Crippen MR) is 111 cm³/mol. The van der Waals surface area contributed by atoms with Crippen LogP contribution in [0.15, 0.2) is 18.2 Å². The molecule has 1 atom stereocenters. The molecule has 3 rings (SSSR count). The van der Waals surface area contributed by atoms with Crippen molar-refractivity contribution >= 4 is 39.9 Å². The Labute approximate surface area is 173 Å². The molecule has 2 aromatic rings. The van der Waals surface area contributed by atoms with Gasteiger partial charge in [0.25, 0.3) is 0 Å². The number of hydrogen-bond acceptors (Lipinski definition) is 8. The molecule has 0 radical (unpaired) electrons. The van der Waals surface area contributed by atoms with Gasteiger partial charge in [-0.15, -0.1) is 0 Å². The van der Waals surface area contributed by atoms with Crippen LogP contribution in [0, 0.1) is 0 Å². The zero-order chi connectivity index (χ0) is 20.1. The number of aliphatic hydroxyl groups is 1. The lowest BCUT2D eigenvalue weighted by molar-refractivity contribution is 0.0533. The van der Waals surface area contributed by atoms with E-state index in [-0.39, 0.29) is 12.6 Å². The van der Waals surface area contributed by atoms with E-state index in [0.717, 1.165) is 30.1 Å². The maximum absolute atomic E-state index is 12.4. The van der Waals surface area contributed by atoms with Crippen molar-refractivity contribution < 1.29 is 19.4 Å². The number of halogens is 1. The first-order chi connectivity index (χ1) is 13.6. The molecule has 1 unspecified atom stereocenters. The minimum absolute atomic E-state index is 0.0365. The van der Waals surface area contributed by atoms with Gasteiger partial charge in [-0.1, -0.05) is 29.0 Å². The Hall–Kier alpha value is -2.03. The van der Waals surface area contributed by atoms with Gasteiger partial charge in [0.15, 0.2) is 15.8 Å². The van der Waals surface area contributed by atoms with E-state index in [4.69, 9.17) is 21.1 Å². The van der Waals surface area contributed by atoms with Crippen LogP contribution in [-0.4, -0.2) is 49.0 Å². The second kappa shape index (κ2) is 9.45. The van der Waals surface area contributed by atoms with Crippen LogP contribution in [-0.2, 0) is 11.3 Å². The average Bonchev–Trinajstić information content (AvgIpc) is 3.33. The standard InChI is InChI=1S/C19H24ClN3O4S/c1-3-27-18(25)16-17(21-10-12-6-7-15(26-2)14(20)9-12)22-19(28-16)23-8-4-5-13(23)11-24/h6-7,9,13,21,24H,3-5,8,10-11H2,1-2H3. The number of carbonyl (C=O) groups is 1. The number of hydrogen-bond donors (Lipinski definition) is 2. The molecule has 7 nitrogen and oxygen atoms in total. The summed E-state index contributed by atoms with van der Waals surface area (Å²) in [7, 11) is 1.57. The highest BCUT2D eigenvalue weighted by molar-refractivity contribution is 7.18. The highest BCUT2D eigenvalue weighted by Gasteiger charge is 2.29. The second-order valence-corrected chi connectivity index (χ2v) is 7.77. The van der Waals surface area contributed by atoms with Crippen LogP contribution >= 0.6 is 22.9 Å². The maximum atomic E-state index is 12.4. The Morgan fingerprint density at radius 3 is 3.00 bits per heavy atom. The largest absolute Gasteiger partial charge is 0.495 e. The molecule has 28 heavy (non-hydrogen) atoms. The van der Waals surface area contributed by atoms with Gasteiger partial charge in [0, 0.05) is 13.1 Å². The third-order valence-corrected chi connectivity index (χ3v) is 5.95. The zero-order valence-electron chi connectivity index (χ0n) is 15.9. The molecule has 2 heterocycles. The Kier molecular flexibility index (Phi) is 6.98. The lowest BCUT2D eigenvalue weighted by atomic mass is 10.2. The van der Waals surface area contributed by atoms with E-state index in [2.05, 4.69) is 15.2 Å². The van der Waals surface area contributed by atoms with E-state index >= 15 is 0 Å². The molecule has 9 heteroatoms. The molecule has 0 saturated carbocycles. The molecule has 0 aliphatic carbocycles. The predicted octanol–water partition coefficient (Wildman–Crippen LogP) is 3.56. The van der Waals surface area contributed by atoms with Crippen LogP contribution in [0.2, 0.25) is 5.02 Å².